The molecule has 6 heteroatoms. The number of carboxylic acids is 1. The molecule has 1 unspecified atom stereocenters. The molecule has 0 aromatic carbocycles. The Morgan fingerprint density at radius 2 is 2.17 bits per heavy atom. The Morgan fingerprint density at radius 3 is 2.78 bits per heavy atom. The summed E-state index contributed by atoms with van der Waals surface area (Å²) in [7, 11) is 0. The van der Waals surface area contributed by atoms with Crippen molar-refractivity contribution >= 4 is 23.8 Å². The van der Waals surface area contributed by atoms with E-state index < -0.39 is 5.97 Å². The number of hydrogen-bond donors (Lipinski definition) is 2. The minimum Gasteiger partial charge on any atom is -0.481 e. The van der Waals surface area contributed by atoms with E-state index in [1.54, 1.807) is 16.7 Å². The predicted molar refractivity (Wildman–Crippen MR) is 70.8 cm³/mol. The lowest BCUT2D eigenvalue weighted by Gasteiger charge is -2.35. The number of carbonyl (C=O) groups excluding carboxylic acids is 1. The van der Waals surface area contributed by atoms with Gasteiger partial charge in [0.15, 0.2) is 0 Å². The topological polar surface area (TPSA) is 69.6 Å². The lowest BCUT2D eigenvalue weighted by molar-refractivity contribution is -0.137. The van der Waals surface area contributed by atoms with Crippen molar-refractivity contribution in [3.63, 3.8) is 0 Å². The molecule has 1 aliphatic carbocycles. The SMILES string of the molecule is O=C(O)CC1CSCCN1C(=O)NCC1CCC1. The molecule has 0 bridgehead atoms. The maximum atomic E-state index is 12.0. The number of nitrogens with one attached hydrogen (secondary N) is 1. The molecule has 2 fully saturated rings. The van der Waals surface area contributed by atoms with E-state index in [1.807, 2.05) is 0 Å². The molecule has 1 saturated carbocycles. The van der Waals surface area contributed by atoms with Crippen molar-refractivity contribution in [2.45, 2.75) is 31.7 Å². The summed E-state index contributed by atoms with van der Waals surface area (Å²) in [6.07, 6.45) is 3.72. The van der Waals surface area contributed by atoms with Crippen LogP contribution in [0.5, 0.6) is 0 Å². The van der Waals surface area contributed by atoms with Gasteiger partial charge in [0.05, 0.1) is 12.5 Å². The normalized spacial score (nSPS) is 24.4. The second kappa shape index (κ2) is 6.31. The molecule has 0 aromatic heterocycles. The first kappa shape index (κ1) is 13.5. The van der Waals surface area contributed by atoms with Gasteiger partial charge in [-0.1, -0.05) is 6.42 Å². The molecule has 5 nitrogen and oxygen atoms in total. The Morgan fingerprint density at radius 1 is 1.39 bits per heavy atom. The molecule has 0 radical (unpaired) electrons. The van der Waals surface area contributed by atoms with Crippen molar-refractivity contribution in [2.75, 3.05) is 24.6 Å². The number of hydrogen-bond acceptors (Lipinski definition) is 3. The van der Waals surface area contributed by atoms with Gasteiger partial charge in [0.1, 0.15) is 0 Å². The number of aliphatic carboxylic acids is 1. The van der Waals surface area contributed by atoms with Gasteiger partial charge in [-0.3, -0.25) is 4.79 Å². The highest BCUT2D eigenvalue weighted by molar-refractivity contribution is 7.99. The third-order valence-electron chi connectivity index (χ3n) is 3.67. The highest BCUT2D eigenvalue weighted by atomic mass is 32.2. The number of rotatable bonds is 4. The van der Waals surface area contributed by atoms with Gasteiger partial charge < -0.3 is 15.3 Å². The van der Waals surface area contributed by atoms with E-state index >= 15 is 0 Å². The molecule has 1 atom stereocenters. The second-order valence-corrected chi connectivity index (χ2v) is 6.15. The average Bonchev–Trinajstić information content (AvgIpc) is 2.26. The molecular weight excluding hydrogens is 252 g/mol. The third kappa shape index (κ3) is 3.54. The fourth-order valence-electron chi connectivity index (χ4n) is 2.32. The summed E-state index contributed by atoms with van der Waals surface area (Å²) in [5, 5.41) is 11.8. The zero-order valence-electron chi connectivity index (χ0n) is 10.4. The first-order chi connectivity index (χ1) is 8.66. The number of carbonyl (C=O) groups is 2. The first-order valence-corrected chi connectivity index (χ1v) is 7.66. The van der Waals surface area contributed by atoms with Crippen LogP contribution in [0.25, 0.3) is 0 Å². The van der Waals surface area contributed by atoms with Crippen molar-refractivity contribution in [3.05, 3.63) is 0 Å². The standard InChI is InChI=1S/C12H20N2O3S/c15-11(16)6-10-8-18-5-4-14(10)12(17)13-7-9-2-1-3-9/h9-10H,1-8H2,(H,13,17)(H,15,16). The van der Waals surface area contributed by atoms with Crippen LogP contribution in [0.2, 0.25) is 0 Å². The Balaban J connectivity index is 1.82. The van der Waals surface area contributed by atoms with Gasteiger partial charge in [-0.25, -0.2) is 4.79 Å². The number of thioether (sulfide) groups is 1. The molecule has 0 spiro atoms. The van der Waals surface area contributed by atoms with E-state index in [4.69, 9.17) is 5.11 Å². The summed E-state index contributed by atoms with van der Waals surface area (Å²) < 4.78 is 0. The zero-order chi connectivity index (χ0) is 13.0. The predicted octanol–water partition coefficient (Wildman–Crippen LogP) is 1.39. The summed E-state index contributed by atoms with van der Waals surface area (Å²) in [4.78, 5) is 24.5. The van der Waals surface area contributed by atoms with Gasteiger partial charge in [-0.2, -0.15) is 11.8 Å². The lowest BCUT2D eigenvalue weighted by Crippen LogP contribution is -2.52. The molecule has 1 saturated heterocycles. The third-order valence-corrected chi connectivity index (χ3v) is 4.76. The highest BCUT2D eigenvalue weighted by Gasteiger charge is 2.29. The number of amides is 2. The van der Waals surface area contributed by atoms with E-state index in [1.165, 1.54) is 19.3 Å². The van der Waals surface area contributed by atoms with E-state index in [-0.39, 0.29) is 18.5 Å². The Kier molecular flexibility index (Phi) is 4.74. The van der Waals surface area contributed by atoms with Crippen molar-refractivity contribution in [1.29, 1.82) is 0 Å². The van der Waals surface area contributed by atoms with E-state index in [0.29, 0.717) is 12.5 Å². The van der Waals surface area contributed by atoms with Gasteiger partial charge >= 0.3 is 12.0 Å². The second-order valence-electron chi connectivity index (χ2n) is 5.00. The molecule has 2 amide bonds. The van der Waals surface area contributed by atoms with Crippen LogP contribution in [-0.2, 0) is 4.79 Å². The van der Waals surface area contributed by atoms with E-state index in [9.17, 15) is 9.59 Å². The summed E-state index contributed by atoms with van der Waals surface area (Å²) in [5.74, 6) is 1.42. The lowest BCUT2D eigenvalue weighted by atomic mass is 9.85. The Hall–Kier alpha value is -0.910. The fourth-order valence-corrected chi connectivity index (χ4v) is 3.39. The molecular formula is C12H20N2O3S. The molecule has 2 N–H and O–H groups in total. The monoisotopic (exact) mass is 272 g/mol. The van der Waals surface area contributed by atoms with Gasteiger partial charge in [-0.05, 0) is 18.8 Å². The Bertz CT molecular complexity index is 320. The Labute approximate surface area is 111 Å². The molecule has 1 aliphatic heterocycles. The minimum atomic E-state index is -0.834. The maximum Gasteiger partial charge on any atom is 0.317 e. The summed E-state index contributed by atoms with van der Waals surface area (Å²) >= 11 is 1.72. The molecule has 18 heavy (non-hydrogen) atoms. The van der Waals surface area contributed by atoms with Gasteiger partial charge in [0.25, 0.3) is 0 Å². The fraction of sp³-hybridized carbons (Fsp3) is 0.833. The van der Waals surface area contributed by atoms with Gasteiger partial charge in [0.2, 0.25) is 0 Å². The molecule has 2 aliphatic rings. The first-order valence-electron chi connectivity index (χ1n) is 6.51. The van der Waals surface area contributed by atoms with Crippen LogP contribution < -0.4 is 5.32 Å². The molecule has 102 valence electrons. The van der Waals surface area contributed by atoms with Crippen LogP contribution >= 0.6 is 11.8 Å². The van der Waals surface area contributed by atoms with Crippen LogP contribution in [-0.4, -0.2) is 52.6 Å². The highest BCUT2D eigenvalue weighted by Crippen LogP contribution is 2.25. The van der Waals surface area contributed by atoms with Gasteiger partial charge in [0, 0.05) is 24.6 Å². The minimum absolute atomic E-state index is 0.0455. The number of urea groups is 1. The van der Waals surface area contributed by atoms with Crippen molar-refractivity contribution in [3.8, 4) is 0 Å². The van der Waals surface area contributed by atoms with Gasteiger partial charge in [-0.15, -0.1) is 0 Å². The van der Waals surface area contributed by atoms with Crippen molar-refractivity contribution in [1.82, 2.24) is 10.2 Å². The molecule has 2 rings (SSSR count). The number of carboxylic acid groups (broad SMARTS) is 1. The smallest absolute Gasteiger partial charge is 0.317 e. The summed E-state index contributed by atoms with van der Waals surface area (Å²) in [5.41, 5.74) is 0. The van der Waals surface area contributed by atoms with Crippen LogP contribution in [0.3, 0.4) is 0 Å². The van der Waals surface area contributed by atoms with E-state index in [2.05, 4.69) is 5.32 Å². The van der Waals surface area contributed by atoms with Crippen LogP contribution in [0.15, 0.2) is 0 Å². The summed E-state index contributed by atoms with van der Waals surface area (Å²) in [6.45, 7) is 1.39. The quantitative estimate of drug-likeness (QED) is 0.811. The van der Waals surface area contributed by atoms with Crippen molar-refractivity contribution in [2.24, 2.45) is 5.92 Å². The van der Waals surface area contributed by atoms with Crippen molar-refractivity contribution < 1.29 is 14.7 Å². The largest absolute Gasteiger partial charge is 0.481 e. The van der Waals surface area contributed by atoms with E-state index in [0.717, 1.165) is 18.1 Å². The zero-order valence-corrected chi connectivity index (χ0v) is 11.2. The molecule has 0 aromatic rings. The van der Waals surface area contributed by atoms with Crippen LogP contribution in [0.1, 0.15) is 25.7 Å². The van der Waals surface area contributed by atoms with Crippen LogP contribution in [0, 0.1) is 5.92 Å². The van der Waals surface area contributed by atoms with Crippen LogP contribution in [0.4, 0.5) is 4.79 Å². The maximum absolute atomic E-state index is 12.0. The average molecular weight is 272 g/mol. The summed E-state index contributed by atoms with van der Waals surface area (Å²) in [6, 6.07) is -0.254. The molecule has 1 heterocycles. The number of nitrogens with zero attached hydrogens (tertiary/aromatic N) is 1.